The molecule has 0 unspecified atom stereocenters. The molecule has 1 aliphatic rings. The summed E-state index contributed by atoms with van der Waals surface area (Å²) in [5.41, 5.74) is 2.38. The van der Waals surface area contributed by atoms with Crippen LogP contribution in [-0.2, 0) is 24.1 Å². The van der Waals surface area contributed by atoms with E-state index in [0.717, 1.165) is 24.8 Å². The van der Waals surface area contributed by atoms with Crippen LogP contribution in [0.25, 0.3) is 0 Å². The van der Waals surface area contributed by atoms with E-state index in [0.29, 0.717) is 11.4 Å². The van der Waals surface area contributed by atoms with Crippen LogP contribution in [0.3, 0.4) is 0 Å². The van der Waals surface area contributed by atoms with Gasteiger partial charge in [-0.3, -0.25) is 14.6 Å². The molecule has 2 amide bonds. The van der Waals surface area contributed by atoms with Crippen molar-refractivity contribution in [3.8, 4) is 0 Å². The van der Waals surface area contributed by atoms with Crippen LogP contribution >= 0.6 is 11.3 Å². The van der Waals surface area contributed by atoms with Crippen molar-refractivity contribution in [2.75, 3.05) is 13.1 Å². The molecule has 126 valence electrons. The molecular formula is C18H21N3O2S. The summed E-state index contributed by atoms with van der Waals surface area (Å²) in [6, 6.07) is 5.83. The fourth-order valence-corrected chi connectivity index (χ4v) is 3.97. The number of aryl methyl sites for hydroxylation is 2. The largest absolute Gasteiger partial charge is 0.354 e. The van der Waals surface area contributed by atoms with E-state index in [4.69, 9.17) is 0 Å². The molecule has 6 heteroatoms. The Morgan fingerprint density at radius 2 is 2.08 bits per heavy atom. The maximum Gasteiger partial charge on any atom is 0.261 e. The maximum absolute atomic E-state index is 12.2. The van der Waals surface area contributed by atoms with Gasteiger partial charge in [-0.15, -0.1) is 11.3 Å². The molecule has 2 heterocycles. The second kappa shape index (κ2) is 8.06. The zero-order valence-electron chi connectivity index (χ0n) is 13.5. The predicted molar refractivity (Wildman–Crippen MR) is 94.2 cm³/mol. The molecule has 0 saturated heterocycles. The quantitative estimate of drug-likeness (QED) is 0.844. The van der Waals surface area contributed by atoms with Gasteiger partial charge in [0.15, 0.2) is 0 Å². The maximum atomic E-state index is 12.2. The normalized spacial score (nSPS) is 13.2. The number of hydrogen-bond donors (Lipinski definition) is 2. The molecule has 3 rings (SSSR count). The highest BCUT2D eigenvalue weighted by atomic mass is 32.1. The van der Waals surface area contributed by atoms with Crippen molar-refractivity contribution in [3.63, 3.8) is 0 Å². The van der Waals surface area contributed by atoms with E-state index in [1.54, 1.807) is 23.7 Å². The molecule has 24 heavy (non-hydrogen) atoms. The monoisotopic (exact) mass is 343 g/mol. The number of aromatic nitrogens is 1. The van der Waals surface area contributed by atoms with Gasteiger partial charge in [0.1, 0.15) is 0 Å². The molecule has 0 saturated carbocycles. The summed E-state index contributed by atoms with van der Waals surface area (Å²) >= 11 is 1.56. The van der Waals surface area contributed by atoms with E-state index in [1.165, 1.54) is 23.3 Å². The Morgan fingerprint density at radius 3 is 2.88 bits per heavy atom. The van der Waals surface area contributed by atoms with Crippen molar-refractivity contribution in [2.45, 2.75) is 32.1 Å². The zero-order valence-corrected chi connectivity index (χ0v) is 14.3. The summed E-state index contributed by atoms with van der Waals surface area (Å²) in [5, 5.41) is 5.51. The van der Waals surface area contributed by atoms with E-state index in [-0.39, 0.29) is 18.4 Å². The molecule has 2 aromatic rings. The Kier molecular flexibility index (Phi) is 5.59. The van der Waals surface area contributed by atoms with Gasteiger partial charge in [0.25, 0.3) is 5.91 Å². The molecule has 1 aliphatic carbocycles. The van der Waals surface area contributed by atoms with Gasteiger partial charge in [-0.05, 0) is 55.4 Å². The number of rotatable bonds is 6. The molecule has 0 atom stereocenters. The van der Waals surface area contributed by atoms with Crippen molar-refractivity contribution in [2.24, 2.45) is 0 Å². The van der Waals surface area contributed by atoms with Gasteiger partial charge in [0.2, 0.25) is 5.91 Å². The lowest BCUT2D eigenvalue weighted by Crippen LogP contribution is -2.37. The third-order valence-electron chi connectivity index (χ3n) is 4.09. The number of amides is 2. The fraction of sp³-hybridized carbons (Fsp3) is 0.389. The molecule has 2 N–H and O–H groups in total. The van der Waals surface area contributed by atoms with Gasteiger partial charge >= 0.3 is 0 Å². The number of pyridine rings is 1. The highest BCUT2D eigenvalue weighted by molar-refractivity contribution is 7.14. The van der Waals surface area contributed by atoms with E-state index in [1.807, 2.05) is 18.2 Å². The number of nitrogens with zero attached hydrogens (tertiary/aromatic N) is 1. The third-order valence-corrected chi connectivity index (χ3v) is 5.32. The van der Waals surface area contributed by atoms with E-state index >= 15 is 0 Å². The number of hydrogen-bond acceptors (Lipinski definition) is 4. The van der Waals surface area contributed by atoms with Gasteiger partial charge in [-0.25, -0.2) is 0 Å². The van der Waals surface area contributed by atoms with Gasteiger partial charge in [0.05, 0.1) is 11.4 Å². The van der Waals surface area contributed by atoms with Crippen LogP contribution in [0.1, 0.15) is 38.5 Å². The standard InChI is InChI=1S/C18H21N3O2S/c22-17(20-9-7-13-4-3-8-19-11-13)12-21-18(23)16-10-14-5-1-2-6-15(14)24-16/h3-4,8,10-11H,1-2,5-7,9,12H2,(H,20,22)(H,21,23). The molecular weight excluding hydrogens is 322 g/mol. The van der Waals surface area contributed by atoms with Crippen LogP contribution in [0.2, 0.25) is 0 Å². The topological polar surface area (TPSA) is 71.1 Å². The second-order valence-electron chi connectivity index (χ2n) is 5.91. The third kappa shape index (κ3) is 4.41. The lowest BCUT2D eigenvalue weighted by atomic mass is 9.99. The van der Waals surface area contributed by atoms with Crippen LogP contribution in [0.4, 0.5) is 0 Å². The number of thiophene rings is 1. The van der Waals surface area contributed by atoms with E-state index in [2.05, 4.69) is 15.6 Å². The first-order chi connectivity index (χ1) is 11.7. The number of fused-ring (bicyclic) bond motifs is 1. The minimum atomic E-state index is -0.173. The second-order valence-corrected chi connectivity index (χ2v) is 7.05. The summed E-state index contributed by atoms with van der Waals surface area (Å²) in [4.78, 5) is 30.1. The van der Waals surface area contributed by atoms with Gasteiger partial charge in [0, 0.05) is 23.8 Å². The van der Waals surface area contributed by atoms with Gasteiger partial charge in [-0.2, -0.15) is 0 Å². The molecule has 0 spiro atoms. The SMILES string of the molecule is O=C(CNC(=O)c1cc2c(s1)CCCC2)NCCc1cccnc1. The first-order valence-corrected chi connectivity index (χ1v) is 9.09. The minimum Gasteiger partial charge on any atom is -0.354 e. The Morgan fingerprint density at radius 1 is 1.21 bits per heavy atom. The smallest absolute Gasteiger partial charge is 0.261 e. The molecule has 0 aromatic carbocycles. The highest BCUT2D eigenvalue weighted by Crippen LogP contribution is 2.29. The summed E-state index contributed by atoms with van der Waals surface area (Å²) in [7, 11) is 0. The molecule has 0 aliphatic heterocycles. The summed E-state index contributed by atoms with van der Waals surface area (Å²) < 4.78 is 0. The number of nitrogens with one attached hydrogen (secondary N) is 2. The first-order valence-electron chi connectivity index (χ1n) is 8.28. The lowest BCUT2D eigenvalue weighted by Gasteiger charge is -2.08. The molecule has 5 nitrogen and oxygen atoms in total. The van der Waals surface area contributed by atoms with Gasteiger partial charge < -0.3 is 10.6 Å². The number of carbonyl (C=O) groups is 2. The lowest BCUT2D eigenvalue weighted by molar-refractivity contribution is -0.120. The predicted octanol–water partition coefficient (Wildman–Crippen LogP) is 2.11. The zero-order chi connectivity index (χ0) is 16.8. The van der Waals surface area contributed by atoms with Crippen molar-refractivity contribution < 1.29 is 9.59 Å². The van der Waals surface area contributed by atoms with E-state index < -0.39 is 0 Å². The van der Waals surface area contributed by atoms with Crippen molar-refractivity contribution in [1.29, 1.82) is 0 Å². The summed E-state index contributed by atoms with van der Waals surface area (Å²) in [5.74, 6) is -0.328. The fourth-order valence-electron chi connectivity index (χ4n) is 2.80. The minimum absolute atomic E-state index is 0.00837. The molecule has 2 aromatic heterocycles. The first kappa shape index (κ1) is 16.6. The van der Waals surface area contributed by atoms with Crippen LogP contribution in [0, 0.1) is 0 Å². The Hall–Kier alpha value is -2.21. The van der Waals surface area contributed by atoms with Crippen molar-refractivity contribution in [3.05, 3.63) is 51.5 Å². The summed E-state index contributed by atoms with van der Waals surface area (Å²) in [6.07, 6.45) is 8.77. The molecule has 0 radical (unpaired) electrons. The number of carbonyl (C=O) groups excluding carboxylic acids is 2. The Balaban J connectivity index is 1.41. The van der Waals surface area contributed by atoms with Crippen molar-refractivity contribution >= 4 is 23.2 Å². The average Bonchev–Trinajstić information content (AvgIpc) is 3.05. The molecule has 0 fully saturated rings. The Labute approximate surface area is 145 Å². The van der Waals surface area contributed by atoms with Crippen molar-refractivity contribution in [1.82, 2.24) is 15.6 Å². The molecule has 0 bridgehead atoms. The highest BCUT2D eigenvalue weighted by Gasteiger charge is 2.17. The van der Waals surface area contributed by atoms with Crippen LogP contribution in [0.15, 0.2) is 30.6 Å². The summed E-state index contributed by atoms with van der Waals surface area (Å²) in [6.45, 7) is 0.544. The van der Waals surface area contributed by atoms with Crippen LogP contribution in [-0.4, -0.2) is 29.9 Å². The van der Waals surface area contributed by atoms with Crippen LogP contribution in [0.5, 0.6) is 0 Å². The van der Waals surface area contributed by atoms with Crippen LogP contribution < -0.4 is 10.6 Å². The van der Waals surface area contributed by atoms with E-state index in [9.17, 15) is 9.59 Å². The Bertz CT molecular complexity index is 689. The van der Waals surface area contributed by atoms with Gasteiger partial charge in [-0.1, -0.05) is 6.07 Å². The average molecular weight is 343 g/mol.